The van der Waals surface area contributed by atoms with Crippen LogP contribution < -0.4 is 4.74 Å². The second kappa shape index (κ2) is 9.15. The zero-order valence-corrected chi connectivity index (χ0v) is 20.4. The molecule has 3 aromatic rings. The summed E-state index contributed by atoms with van der Waals surface area (Å²) >= 11 is 0. The molecule has 3 heterocycles. The van der Waals surface area contributed by atoms with Gasteiger partial charge in [0, 0.05) is 65.9 Å². The van der Waals surface area contributed by atoms with Gasteiger partial charge in [-0.2, -0.15) is 4.31 Å². The number of likely N-dealkylation sites (tertiary alicyclic amines) is 1. The van der Waals surface area contributed by atoms with Crippen molar-refractivity contribution in [3.8, 4) is 5.75 Å². The van der Waals surface area contributed by atoms with Crippen LogP contribution in [0.3, 0.4) is 0 Å². The highest BCUT2D eigenvalue weighted by molar-refractivity contribution is 7.88. The molecule has 2 aliphatic heterocycles. The molecule has 0 spiro atoms. The minimum atomic E-state index is -3.81. The molecule has 0 bridgehead atoms. The number of halogens is 3. The third kappa shape index (κ3) is 4.43. The summed E-state index contributed by atoms with van der Waals surface area (Å²) in [5.74, 6) is -1.68. The lowest BCUT2D eigenvalue weighted by atomic mass is 9.90. The van der Waals surface area contributed by atoms with Crippen molar-refractivity contribution in [2.45, 2.75) is 25.4 Å². The fraction of sp³-hybridized carbons (Fsp3) is 0.440. The molecule has 188 valence electrons. The van der Waals surface area contributed by atoms with Gasteiger partial charge in [-0.15, -0.1) is 0 Å². The van der Waals surface area contributed by atoms with Gasteiger partial charge in [0.25, 0.3) is 0 Å². The number of para-hydroxylation sites is 1. The largest absolute Gasteiger partial charge is 0.492 e. The van der Waals surface area contributed by atoms with Crippen molar-refractivity contribution in [2.75, 3.05) is 39.2 Å². The van der Waals surface area contributed by atoms with E-state index in [2.05, 4.69) is 4.98 Å². The molecule has 0 amide bonds. The minimum Gasteiger partial charge on any atom is -0.492 e. The smallest absolute Gasteiger partial charge is 0.212 e. The third-order valence-electron chi connectivity index (χ3n) is 6.94. The molecular weight excluding hydrogens is 479 g/mol. The Labute approximate surface area is 202 Å². The van der Waals surface area contributed by atoms with E-state index in [0.29, 0.717) is 31.7 Å². The first-order valence-electron chi connectivity index (χ1n) is 11.7. The number of nitrogens with one attached hydrogen (secondary N) is 1. The minimum absolute atomic E-state index is 0.0259. The summed E-state index contributed by atoms with van der Waals surface area (Å²) in [5.41, 5.74) is 1.78. The lowest BCUT2D eigenvalue weighted by Crippen LogP contribution is -2.49. The highest BCUT2D eigenvalue weighted by Crippen LogP contribution is 2.44. The number of nitrogens with zero attached hydrogens (tertiary/aromatic N) is 2. The van der Waals surface area contributed by atoms with E-state index in [4.69, 9.17) is 4.74 Å². The van der Waals surface area contributed by atoms with E-state index < -0.39 is 33.7 Å². The Morgan fingerprint density at radius 1 is 1.14 bits per heavy atom. The van der Waals surface area contributed by atoms with E-state index in [1.54, 1.807) is 6.92 Å². The number of H-pyrrole nitrogens is 1. The second-order valence-corrected chi connectivity index (χ2v) is 11.4. The standard InChI is InChI=1S/C25H28F3N3O3S/c1-15-9-19-18-5-3-4-6-22(18)29-24(19)25(31(15)35(2,32)33)23-20(27)10-17(11-21(23)28)34-8-7-30-13-16(12-26)14-30/h3-6,10-11,15-16,25,29H,7-9,12-14H2,1-2H3/t15-,25-/m1/s1. The van der Waals surface area contributed by atoms with E-state index in [1.807, 2.05) is 29.2 Å². The third-order valence-corrected chi connectivity index (χ3v) is 8.28. The van der Waals surface area contributed by atoms with E-state index in [0.717, 1.165) is 34.9 Å². The molecule has 6 nitrogen and oxygen atoms in total. The van der Waals surface area contributed by atoms with Crippen LogP contribution in [0.2, 0.25) is 0 Å². The molecular formula is C25H28F3N3O3S. The predicted molar refractivity (Wildman–Crippen MR) is 128 cm³/mol. The molecule has 0 aliphatic carbocycles. The lowest BCUT2D eigenvalue weighted by Gasteiger charge is -2.39. The van der Waals surface area contributed by atoms with Crippen molar-refractivity contribution < 1.29 is 26.3 Å². The number of alkyl halides is 1. The molecule has 10 heteroatoms. The van der Waals surface area contributed by atoms with Gasteiger partial charge in [-0.3, -0.25) is 9.29 Å². The Kier molecular flexibility index (Phi) is 6.31. The molecule has 2 atom stereocenters. The molecule has 1 N–H and O–H groups in total. The fourth-order valence-electron chi connectivity index (χ4n) is 5.39. The Balaban J connectivity index is 1.49. The van der Waals surface area contributed by atoms with Gasteiger partial charge >= 0.3 is 0 Å². The van der Waals surface area contributed by atoms with Crippen LogP contribution in [-0.4, -0.2) is 67.8 Å². The maximum atomic E-state index is 15.5. The highest BCUT2D eigenvalue weighted by atomic mass is 32.2. The van der Waals surface area contributed by atoms with E-state index in [-0.39, 0.29) is 30.5 Å². The van der Waals surface area contributed by atoms with Crippen LogP contribution in [0.15, 0.2) is 36.4 Å². The SMILES string of the molecule is C[C@@H]1Cc2c([nH]c3ccccc23)[C@@H](c2c(F)cc(OCCN3CC(CF)C3)cc2F)N1S(C)(=O)=O. The van der Waals surface area contributed by atoms with Gasteiger partial charge in [-0.05, 0) is 25.0 Å². The molecule has 2 aromatic carbocycles. The Morgan fingerprint density at radius 2 is 1.83 bits per heavy atom. The van der Waals surface area contributed by atoms with Crippen LogP contribution in [0.4, 0.5) is 13.2 Å². The molecule has 35 heavy (non-hydrogen) atoms. The maximum absolute atomic E-state index is 15.5. The Bertz CT molecular complexity index is 1330. The summed E-state index contributed by atoms with van der Waals surface area (Å²) in [6, 6.07) is 8.03. The number of rotatable bonds is 7. The number of aromatic nitrogens is 1. The van der Waals surface area contributed by atoms with Crippen LogP contribution in [0.5, 0.6) is 5.75 Å². The Morgan fingerprint density at radius 3 is 2.49 bits per heavy atom. The van der Waals surface area contributed by atoms with E-state index in [1.165, 1.54) is 4.31 Å². The van der Waals surface area contributed by atoms with Crippen molar-refractivity contribution in [2.24, 2.45) is 5.92 Å². The number of aromatic amines is 1. The van der Waals surface area contributed by atoms with Crippen LogP contribution >= 0.6 is 0 Å². The van der Waals surface area contributed by atoms with Crippen LogP contribution in [0, 0.1) is 17.6 Å². The molecule has 0 unspecified atom stereocenters. The first-order chi connectivity index (χ1) is 16.7. The summed E-state index contributed by atoms with van der Waals surface area (Å²) in [4.78, 5) is 5.23. The van der Waals surface area contributed by atoms with Crippen LogP contribution in [0.1, 0.15) is 29.8 Å². The summed E-state index contributed by atoms with van der Waals surface area (Å²) in [6.07, 6.45) is 1.48. The van der Waals surface area contributed by atoms with Gasteiger partial charge in [0.15, 0.2) is 0 Å². The zero-order chi connectivity index (χ0) is 24.9. The van der Waals surface area contributed by atoms with Crippen LogP contribution in [-0.2, 0) is 16.4 Å². The van der Waals surface area contributed by atoms with Crippen molar-refractivity contribution in [1.82, 2.24) is 14.2 Å². The predicted octanol–water partition coefficient (Wildman–Crippen LogP) is 4.02. The van der Waals surface area contributed by atoms with Gasteiger partial charge in [-0.1, -0.05) is 18.2 Å². The van der Waals surface area contributed by atoms with Crippen molar-refractivity contribution in [3.05, 3.63) is 64.9 Å². The first-order valence-corrected chi connectivity index (χ1v) is 13.5. The van der Waals surface area contributed by atoms with E-state index in [9.17, 15) is 12.8 Å². The Hall–Kier alpha value is -2.56. The first kappa shape index (κ1) is 24.1. The number of sulfonamides is 1. The average molecular weight is 508 g/mol. The van der Waals surface area contributed by atoms with Crippen molar-refractivity contribution in [3.63, 3.8) is 0 Å². The molecule has 2 aliphatic rings. The van der Waals surface area contributed by atoms with Gasteiger partial charge in [-0.25, -0.2) is 17.2 Å². The molecule has 0 saturated carbocycles. The number of hydrogen-bond acceptors (Lipinski definition) is 4. The van der Waals surface area contributed by atoms with Gasteiger partial charge in [0.2, 0.25) is 10.0 Å². The highest BCUT2D eigenvalue weighted by Gasteiger charge is 2.43. The summed E-state index contributed by atoms with van der Waals surface area (Å²) in [5, 5.41) is 0.911. The molecule has 5 rings (SSSR count). The van der Waals surface area contributed by atoms with Crippen LogP contribution in [0.25, 0.3) is 10.9 Å². The molecule has 0 radical (unpaired) electrons. The van der Waals surface area contributed by atoms with Gasteiger partial charge < -0.3 is 9.72 Å². The number of benzene rings is 2. The summed E-state index contributed by atoms with van der Waals surface area (Å²) < 4.78 is 75.9. The number of hydrogen-bond donors (Lipinski definition) is 1. The lowest BCUT2D eigenvalue weighted by molar-refractivity contribution is 0.0667. The molecule has 1 saturated heterocycles. The molecule has 1 aromatic heterocycles. The quantitative estimate of drug-likeness (QED) is 0.525. The number of ether oxygens (including phenoxy) is 1. The summed E-state index contributed by atoms with van der Waals surface area (Å²) in [6.45, 7) is 3.43. The fourth-order valence-corrected chi connectivity index (χ4v) is 6.71. The van der Waals surface area contributed by atoms with Gasteiger partial charge in [0.05, 0.1) is 19.0 Å². The van der Waals surface area contributed by atoms with Crippen molar-refractivity contribution in [1.29, 1.82) is 0 Å². The molecule has 1 fully saturated rings. The normalized spacial score (nSPS) is 21.7. The topological polar surface area (TPSA) is 65.6 Å². The van der Waals surface area contributed by atoms with E-state index >= 15 is 8.78 Å². The average Bonchev–Trinajstić information content (AvgIpc) is 3.12. The summed E-state index contributed by atoms with van der Waals surface area (Å²) in [7, 11) is -3.81. The number of fused-ring (bicyclic) bond motifs is 3. The van der Waals surface area contributed by atoms with Crippen molar-refractivity contribution >= 4 is 20.9 Å². The second-order valence-electron chi connectivity index (χ2n) is 9.54. The zero-order valence-electron chi connectivity index (χ0n) is 19.6. The monoisotopic (exact) mass is 507 g/mol. The van der Waals surface area contributed by atoms with Gasteiger partial charge in [0.1, 0.15) is 24.0 Å². The maximum Gasteiger partial charge on any atom is 0.212 e.